The average molecular weight is 271 g/mol. The summed E-state index contributed by atoms with van der Waals surface area (Å²) in [4.78, 5) is 15.5. The van der Waals surface area contributed by atoms with E-state index in [1.54, 1.807) is 6.20 Å². The van der Waals surface area contributed by atoms with Crippen molar-refractivity contribution in [2.45, 2.75) is 18.9 Å². The van der Waals surface area contributed by atoms with Gasteiger partial charge in [0.05, 0.1) is 17.4 Å². The van der Waals surface area contributed by atoms with Crippen LogP contribution in [0.1, 0.15) is 34.1 Å². The third-order valence-electron chi connectivity index (χ3n) is 3.54. The van der Waals surface area contributed by atoms with Crippen LogP contribution in [0, 0.1) is 5.82 Å². The Morgan fingerprint density at radius 1 is 1.40 bits per heavy atom. The maximum atomic E-state index is 13.8. The minimum absolute atomic E-state index is 0.0381. The second-order valence-corrected chi connectivity index (χ2v) is 4.84. The minimum atomic E-state index is -0.571. The normalized spacial score (nSPS) is 16.8. The molecule has 1 heterocycles. The standard InChI is InChI=1S/C15H14FN3O/c16-11-5-3-10(15(17)20)8-13(11)19-12-6-4-9-2-1-7-18-14(9)12/h1-3,5,7-8,12,19H,4,6H2,(H2,17,20). The Bertz CT molecular complexity index is 672. The number of pyridine rings is 1. The third kappa shape index (κ3) is 2.22. The molecule has 1 aliphatic rings. The largest absolute Gasteiger partial charge is 0.374 e. The molecule has 1 aromatic heterocycles. The molecule has 20 heavy (non-hydrogen) atoms. The van der Waals surface area contributed by atoms with Gasteiger partial charge in [0.25, 0.3) is 0 Å². The summed E-state index contributed by atoms with van der Waals surface area (Å²) in [7, 11) is 0. The Labute approximate surface area is 115 Å². The molecule has 0 aliphatic heterocycles. The molecule has 1 aromatic carbocycles. The Morgan fingerprint density at radius 2 is 2.25 bits per heavy atom. The number of aromatic nitrogens is 1. The molecule has 0 saturated carbocycles. The van der Waals surface area contributed by atoms with Crippen LogP contribution in [0.25, 0.3) is 0 Å². The van der Waals surface area contributed by atoms with E-state index in [1.165, 1.54) is 23.8 Å². The fraction of sp³-hybridized carbons (Fsp3) is 0.200. The molecule has 3 rings (SSSR count). The fourth-order valence-corrected chi connectivity index (χ4v) is 2.53. The lowest BCUT2D eigenvalue weighted by Crippen LogP contribution is -2.14. The fourth-order valence-electron chi connectivity index (χ4n) is 2.53. The number of primary amides is 1. The first-order chi connectivity index (χ1) is 9.65. The number of carbonyl (C=O) groups excluding carboxylic acids is 1. The van der Waals surface area contributed by atoms with E-state index >= 15 is 0 Å². The van der Waals surface area contributed by atoms with Crippen molar-refractivity contribution in [2.24, 2.45) is 5.73 Å². The molecular formula is C15H14FN3O. The monoisotopic (exact) mass is 271 g/mol. The Hall–Kier alpha value is -2.43. The van der Waals surface area contributed by atoms with Crippen LogP contribution in [0.3, 0.4) is 0 Å². The highest BCUT2D eigenvalue weighted by Crippen LogP contribution is 2.32. The summed E-state index contributed by atoms with van der Waals surface area (Å²) in [6.45, 7) is 0. The molecule has 1 aliphatic carbocycles. The number of nitrogens with zero attached hydrogens (tertiary/aromatic N) is 1. The van der Waals surface area contributed by atoms with Crippen molar-refractivity contribution >= 4 is 11.6 Å². The Balaban J connectivity index is 1.89. The smallest absolute Gasteiger partial charge is 0.248 e. The number of fused-ring (bicyclic) bond motifs is 1. The van der Waals surface area contributed by atoms with Crippen LogP contribution in [0.2, 0.25) is 0 Å². The Morgan fingerprint density at radius 3 is 3.05 bits per heavy atom. The third-order valence-corrected chi connectivity index (χ3v) is 3.54. The summed E-state index contributed by atoms with van der Waals surface area (Å²) in [6.07, 6.45) is 3.50. The number of anilines is 1. The second-order valence-electron chi connectivity index (χ2n) is 4.84. The van der Waals surface area contributed by atoms with E-state index in [2.05, 4.69) is 10.3 Å². The van der Waals surface area contributed by atoms with Crippen LogP contribution in [0.5, 0.6) is 0 Å². The maximum absolute atomic E-state index is 13.8. The predicted octanol–water partition coefficient (Wildman–Crippen LogP) is 2.42. The van der Waals surface area contributed by atoms with Crippen molar-refractivity contribution in [1.29, 1.82) is 0 Å². The highest BCUT2D eigenvalue weighted by atomic mass is 19.1. The van der Waals surface area contributed by atoms with Crippen molar-refractivity contribution in [1.82, 2.24) is 4.98 Å². The summed E-state index contributed by atoms with van der Waals surface area (Å²) in [5, 5.41) is 3.12. The number of aryl methyl sites for hydroxylation is 1. The Kier molecular flexibility index (Phi) is 3.10. The molecule has 0 saturated heterocycles. The molecule has 0 radical (unpaired) electrons. The summed E-state index contributed by atoms with van der Waals surface area (Å²) in [6, 6.07) is 7.96. The molecule has 0 bridgehead atoms. The molecule has 3 N–H and O–H groups in total. The van der Waals surface area contributed by atoms with Gasteiger partial charge in [0, 0.05) is 11.8 Å². The zero-order chi connectivity index (χ0) is 14.1. The molecule has 102 valence electrons. The molecule has 4 nitrogen and oxygen atoms in total. The summed E-state index contributed by atoms with van der Waals surface area (Å²) >= 11 is 0. The van der Waals surface area contributed by atoms with Gasteiger partial charge in [-0.25, -0.2) is 4.39 Å². The number of nitrogens with one attached hydrogen (secondary N) is 1. The van der Waals surface area contributed by atoms with E-state index in [0.29, 0.717) is 0 Å². The number of hydrogen-bond acceptors (Lipinski definition) is 3. The van der Waals surface area contributed by atoms with Gasteiger partial charge >= 0.3 is 0 Å². The van der Waals surface area contributed by atoms with Gasteiger partial charge in [-0.3, -0.25) is 9.78 Å². The molecule has 1 amide bonds. The van der Waals surface area contributed by atoms with E-state index in [-0.39, 0.29) is 17.3 Å². The first kappa shape index (κ1) is 12.6. The van der Waals surface area contributed by atoms with Crippen molar-refractivity contribution in [3.05, 3.63) is 59.2 Å². The van der Waals surface area contributed by atoms with Crippen molar-refractivity contribution in [3.63, 3.8) is 0 Å². The number of rotatable bonds is 3. The van der Waals surface area contributed by atoms with Crippen LogP contribution in [-0.4, -0.2) is 10.9 Å². The molecular weight excluding hydrogens is 257 g/mol. The number of hydrogen-bond donors (Lipinski definition) is 2. The lowest BCUT2D eigenvalue weighted by atomic mass is 10.1. The van der Waals surface area contributed by atoms with Crippen LogP contribution in [0.4, 0.5) is 10.1 Å². The molecule has 1 atom stereocenters. The quantitative estimate of drug-likeness (QED) is 0.900. The lowest BCUT2D eigenvalue weighted by molar-refractivity contribution is 0.100. The summed E-state index contributed by atoms with van der Waals surface area (Å²) < 4.78 is 13.8. The number of halogens is 1. The van der Waals surface area contributed by atoms with E-state index in [1.807, 2.05) is 12.1 Å². The van der Waals surface area contributed by atoms with Gasteiger partial charge in [-0.05, 0) is 42.7 Å². The van der Waals surface area contributed by atoms with E-state index in [4.69, 9.17) is 5.73 Å². The van der Waals surface area contributed by atoms with Gasteiger partial charge in [0.15, 0.2) is 0 Å². The van der Waals surface area contributed by atoms with Gasteiger partial charge in [0.2, 0.25) is 5.91 Å². The van der Waals surface area contributed by atoms with Gasteiger partial charge in [0.1, 0.15) is 5.82 Å². The van der Waals surface area contributed by atoms with Gasteiger partial charge in [-0.2, -0.15) is 0 Å². The summed E-state index contributed by atoms with van der Waals surface area (Å²) in [5.74, 6) is -0.975. The predicted molar refractivity (Wildman–Crippen MR) is 73.8 cm³/mol. The highest BCUT2D eigenvalue weighted by Gasteiger charge is 2.24. The zero-order valence-corrected chi connectivity index (χ0v) is 10.8. The van der Waals surface area contributed by atoms with E-state index < -0.39 is 11.7 Å². The first-order valence-electron chi connectivity index (χ1n) is 6.45. The minimum Gasteiger partial charge on any atom is -0.374 e. The van der Waals surface area contributed by atoms with Crippen molar-refractivity contribution in [2.75, 3.05) is 5.32 Å². The topological polar surface area (TPSA) is 68.0 Å². The van der Waals surface area contributed by atoms with Crippen LogP contribution in [0.15, 0.2) is 36.5 Å². The van der Waals surface area contributed by atoms with Gasteiger partial charge in [-0.1, -0.05) is 6.07 Å². The number of benzene rings is 1. The first-order valence-corrected chi connectivity index (χ1v) is 6.45. The van der Waals surface area contributed by atoms with Crippen molar-refractivity contribution in [3.8, 4) is 0 Å². The number of carbonyl (C=O) groups is 1. The number of nitrogens with two attached hydrogens (primary N) is 1. The molecule has 1 unspecified atom stereocenters. The second kappa shape index (κ2) is 4.92. The van der Waals surface area contributed by atoms with Crippen LogP contribution < -0.4 is 11.1 Å². The average Bonchev–Trinajstić information content (AvgIpc) is 2.84. The molecule has 2 aromatic rings. The zero-order valence-electron chi connectivity index (χ0n) is 10.8. The molecule has 0 spiro atoms. The molecule has 0 fully saturated rings. The van der Waals surface area contributed by atoms with Gasteiger partial charge in [-0.15, -0.1) is 0 Å². The van der Waals surface area contributed by atoms with E-state index in [0.717, 1.165) is 18.5 Å². The van der Waals surface area contributed by atoms with Crippen LogP contribution >= 0.6 is 0 Å². The SMILES string of the molecule is NC(=O)c1ccc(F)c(NC2CCc3cccnc32)c1. The van der Waals surface area contributed by atoms with Gasteiger partial charge < -0.3 is 11.1 Å². The van der Waals surface area contributed by atoms with Crippen LogP contribution in [-0.2, 0) is 6.42 Å². The number of amides is 1. The van der Waals surface area contributed by atoms with E-state index in [9.17, 15) is 9.18 Å². The maximum Gasteiger partial charge on any atom is 0.248 e. The summed E-state index contributed by atoms with van der Waals surface area (Å²) in [5.41, 5.74) is 7.90. The lowest BCUT2D eigenvalue weighted by Gasteiger charge is -2.15. The molecule has 5 heteroatoms. The van der Waals surface area contributed by atoms with Crippen molar-refractivity contribution < 1.29 is 9.18 Å². The highest BCUT2D eigenvalue weighted by molar-refractivity contribution is 5.93.